The van der Waals surface area contributed by atoms with Gasteiger partial charge in [0.2, 0.25) is 0 Å². The van der Waals surface area contributed by atoms with Crippen molar-refractivity contribution in [2.24, 2.45) is 13.0 Å². The average molecular weight is 229 g/mol. The SMILES string of the molecule is Cc1nn(C)c(C)c1CC1CCCC1.Cl. The van der Waals surface area contributed by atoms with Gasteiger partial charge in [-0.2, -0.15) is 5.10 Å². The van der Waals surface area contributed by atoms with E-state index in [-0.39, 0.29) is 12.4 Å². The highest BCUT2D eigenvalue weighted by Crippen LogP contribution is 2.29. The van der Waals surface area contributed by atoms with Gasteiger partial charge in [-0.25, -0.2) is 0 Å². The van der Waals surface area contributed by atoms with Gasteiger partial charge < -0.3 is 0 Å². The van der Waals surface area contributed by atoms with Gasteiger partial charge in [0.1, 0.15) is 0 Å². The summed E-state index contributed by atoms with van der Waals surface area (Å²) >= 11 is 0. The Kier molecular flexibility index (Phi) is 4.21. The maximum atomic E-state index is 4.47. The maximum Gasteiger partial charge on any atom is 0.0628 e. The van der Waals surface area contributed by atoms with Gasteiger partial charge in [0.05, 0.1) is 5.69 Å². The van der Waals surface area contributed by atoms with Crippen molar-refractivity contribution in [1.29, 1.82) is 0 Å². The fraction of sp³-hybridized carbons (Fsp3) is 0.750. The van der Waals surface area contributed by atoms with Gasteiger partial charge in [-0.15, -0.1) is 12.4 Å². The van der Waals surface area contributed by atoms with Crippen molar-refractivity contribution in [3.8, 4) is 0 Å². The Bertz CT molecular complexity index is 325. The Morgan fingerprint density at radius 2 is 1.87 bits per heavy atom. The van der Waals surface area contributed by atoms with Crippen molar-refractivity contribution < 1.29 is 0 Å². The zero-order valence-corrected chi connectivity index (χ0v) is 10.7. The second kappa shape index (κ2) is 5.02. The lowest BCUT2D eigenvalue weighted by Gasteiger charge is -2.08. The van der Waals surface area contributed by atoms with Crippen molar-refractivity contribution in [3.63, 3.8) is 0 Å². The third-order valence-corrected chi connectivity index (χ3v) is 3.63. The highest BCUT2D eigenvalue weighted by molar-refractivity contribution is 5.85. The fourth-order valence-electron chi connectivity index (χ4n) is 2.62. The topological polar surface area (TPSA) is 17.8 Å². The monoisotopic (exact) mass is 228 g/mol. The molecule has 0 saturated heterocycles. The minimum Gasteiger partial charge on any atom is -0.272 e. The molecule has 86 valence electrons. The summed E-state index contributed by atoms with van der Waals surface area (Å²) in [4.78, 5) is 0. The second-order valence-electron chi connectivity index (χ2n) is 4.63. The standard InChI is InChI=1S/C12H20N2.ClH/c1-9-12(10(2)14(3)13-9)8-11-6-4-5-7-11;/h11H,4-8H2,1-3H3;1H. The number of aromatic nitrogens is 2. The van der Waals surface area contributed by atoms with Crippen LogP contribution in [0.1, 0.15) is 42.6 Å². The molecule has 0 atom stereocenters. The number of hydrogen-bond acceptors (Lipinski definition) is 1. The summed E-state index contributed by atoms with van der Waals surface area (Å²) in [7, 11) is 2.04. The first kappa shape index (κ1) is 12.6. The van der Waals surface area contributed by atoms with E-state index in [1.807, 2.05) is 11.7 Å². The van der Waals surface area contributed by atoms with Crippen LogP contribution in [0, 0.1) is 19.8 Å². The first-order valence-electron chi connectivity index (χ1n) is 5.67. The smallest absolute Gasteiger partial charge is 0.0628 e. The molecule has 0 unspecified atom stereocenters. The van der Waals surface area contributed by atoms with Crippen molar-refractivity contribution in [2.75, 3.05) is 0 Å². The van der Waals surface area contributed by atoms with Crippen LogP contribution < -0.4 is 0 Å². The van der Waals surface area contributed by atoms with Crippen LogP contribution in [0.5, 0.6) is 0 Å². The Morgan fingerprint density at radius 1 is 1.27 bits per heavy atom. The summed E-state index contributed by atoms with van der Waals surface area (Å²) in [5.41, 5.74) is 4.09. The maximum absolute atomic E-state index is 4.47. The van der Waals surface area contributed by atoms with Crippen molar-refractivity contribution >= 4 is 12.4 Å². The average Bonchev–Trinajstić information content (AvgIpc) is 2.71. The summed E-state index contributed by atoms with van der Waals surface area (Å²) in [6.07, 6.45) is 6.97. The molecule has 1 aromatic heterocycles. The molecule has 1 aliphatic rings. The fourth-order valence-corrected chi connectivity index (χ4v) is 2.62. The third kappa shape index (κ3) is 2.54. The van der Waals surface area contributed by atoms with Crippen molar-refractivity contribution in [2.45, 2.75) is 46.0 Å². The van der Waals surface area contributed by atoms with E-state index in [2.05, 4.69) is 18.9 Å². The number of halogens is 1. The van der Waals surface area contributed by atoms with Gasteiger partial charge in [-0.1, -0.05) is 25.7 Å². The van der Waals surface area contributed by atoms with E-state index in [0.29, 0.717) is 0 Å². The van der Waals surface area contributed by atoms with Gasteiger partial charge in [-0.3, -0.25) is 4.68 Å². The Labute approximate surface area is 98.5 Å². The molecular formula is C12H21ClN2. The first-order chi connectivity index (χ1) is 6.68. The Balaban J connectivity index is 0.00000112. The van der Waals surface area contributed by atoms with Crippen molar-refractivity contribution in [1.82, 2.24) is 9.78 Å². The number of hydrogen-bond donors (Lipinski definition) is 0. The van der Waals surface area contributed by atoms with E-state index in [4.69, 9.17) is 0 Å². The molecule has 1 saturated carbocycles. The van der Waals surface area contributed by atoms with E-state index < -0.39 is 0 Å². The summed E-state index contributed by atoms with van der Waals surface area (Å²) in [5, 5.41) is 4.47. The lowest BCUT2D eigenvalue weighted by Crippen LogP contribution is -2.01. The molecule has 1 aliphatic carbocycles. The van der Waals surface area contributed by atoms with Crippen LogP contribution in [0.2, 0.25) is 0 Å². The Morgan fingerprint density at radius 3 is 2.33 bits per heavy atom. The van der Waals surface area contributed by atoms with E-state index in [1.165, 1.54) is 49.1 Å². The molecule has 1 heterocycles. The summed E-state index contributed by atoms with van der Waals surface area (Å²) in [6.45, 7) is 4.32. The van der Waals surface area contributed by atoms with Crippen molar-refractivity contribution in [3.05, 3.63) is 17.0 Å². The molecule has 0 aliphatic heterocycles. The molecule has 0 radical (unpaired) electrons. The molecule has 2 nitrogen and oxygen atoms in total. The summed E-state index contributed by atoms with van der Waals surface area (Å²) in [6, 6.07) is 0. The van der Waals surface area contributed by atoms with Crippen LogP contribution in [-0.4, -0.2) is 9.78 Å². The molecule has 0 bridgehead atoms. The van der Waals surface area contributed by atoms with Crippen LogP contribution in [0.15, 0.2) is 0 Å². The minimum absolute atomic E-state index is 0. The molecular weight excluding hydrogens is 208 g/mol. The lowest BCUT2D eigenvalue weighted by molar-refractivity contribution is 0.543. The van der Waals surface area contributed by atoms with Crippen LogP contribution in [0.4, 0.5) is 0 Å². The van der Waals surface area contributed by atoms with Gasteiger partial charge >= 0.3 is 0 Å². The normalized spacial score (nSPS) is 16.7. The minimum atomic E-state index is 0. The van der Waals surface area contributed by atoms with Gasteiger partial charge in [-0.05, 0) is 31.7 Å². The van der Waals surface area contributed by atoms with Crippen LogP contribution in [0.3, 0.4) is 0 Å². The highest BCUT2D eigenvalue weighted by atomic mass is 35.5. The quantitative estimate of drug-likeness (QED) is 0.760. The van der Waals surface area contributed by atoms with Crippen LogP contribution in [-0.2, 0) is 13.5 Å². The number of nitrogens with zero attached hydrogens (tertiary/aromatic N) is 2. The van der Waals surface area contributed by atoms with Crippen LogP contribution in [0.25, 0.3) is 0 Å². The van der Waals surface area contributed by atoms with E-state index in [9.17, 15) is 0 Å². The molecule has 15 heavy (non-hydrogen) atoms. The third-order valence-electron chi connectivity index (χ3n) is 3.63. The lowest BCUT2D eigenvalue weighted by atomic mass is 9.97. The first-order valence-corrected chi connectivity index (χ1v) is 5.67. The summed E-state index contributed by atoms with van der Waals surface area (Å²) in [5.74, 6) is 0.927. The van der Waals surface area contributed by atoms with Gasteiger partial charge in [0.15, 0.2) is 0 Å². The molecule has 3 heteroatoms. The molecule has 0 amide bonds. The molecule has 0 spiro atoms. The van der Waals surface area contributed by atoms with E-state index in [1.54, 1.807) is 0 Å². The Hall–Kier alpha value is -0.500. The highest BCUT2D eigenvalue weighted by Gasteiger charge is 2.19. The molecule has 2 rings (SSSR count). The molecule has 1 aromatic rings. The predicted molar refractivity (Wildman–Crippen MR) is 65.6 cm³/mol. The van der Waals surface area contributed by atoms with Gasteiger partial charge in [0.25, 0.3) is 0 Å². The van der Waals surface area contributed by atoms with E-state index >= 15 is 0 Å². The van der Waals surface area contributed by atoms with Crippen LogP contribution >= 0.6 is 12.4 Å². The van der Waals surface area contributed by atoms with E-state index in [0.717, 1.165) is 5.92 Å². The molecule has 1 fully saturated rings. The zero-order valence-electron chi connectivity index (χ0n) is 9.92. The predicted octanol–water partition coefficient (Wildman–Crippen LogP) is 3.19. The second-order valence-corrected chi connectivity index (χ2v) is 4.63. The molecule has 0 N–H and O–H groups in total. The summed E-state index contributed by atoms with van der Waals surface area (Å²) < 4.78 is 2.01. The number of rotatable bonds is 2. The molecule has 0 aromatic carbocycles. The number of aryl methyl sites for hydroxylation is 2. The van der Waals surface area contributed by atoms with Gasteiger partial charge in [0, 0.05) is 12.7 Å². The zero-order chi connectivity index (χ0) is 10.1. The largest absolute Gasteiger partial charge is 0.272 e.